The fourth-order valence-electron chi connectivity index (χ4n) is 3.92. The molecular weight excluding hydrogens is 379 g/mol. The summed E-state index contributed by atoms with van der Waals surface area (Å²) in [5.41, 5.74) is 0.380. The summed E-state index contributed by atoms with van der Waals surface area (Å²) in [6.07, 6.45) is 2.98. The van der Waals surface area contributed by atoms with Gasteiger partial charge in [-0.05, 0) is 19.8 Å². The number of halogens is 1. The predicted molar refractivity (Wildman–Crippen MR) is 103 cm³/mol. The largest absolute Gasteiger partial charge is 0.372 e. The number of aryl methyl sites for hydroxylation is 1. The lowest BCUT2D eigenvalue weighted by Gasteiger charge is -2.42. The highest BCUT2D eigenvalue weighted by molar-refractivity contribution is 5.76. The molecule has 0 aromatic carbocycles. The van der Waals surface area contributed by atoms with Gasteiger partial charge >= 0.3 is 0 Å². The molecule has 0 saturated carbocycles. The summed E-state index contributed by atoms with van der Waals surface area (Å²) < 4.78 is 25.1. The Morgan fingerprint density at radius 3 is 2.83 bits per heavy atom. The van der Waals surface area contributed by atoms with Crippen LogP contribution in [0.1, 0.15) is 30.7 Å². The molecule has 2 aliphatic heterocycles. The van der Waals surface area contributed by atoms with Crippen molar-refractivity contribution in [2.75, 3.05) is 43.5 Å². The number of hydrogen-bond donors (Lipinski definition) is 1. The van der Waals surface area contributed by atoms with E-state index in [9.17, 15) is 9.18 Å². The van der Waals surface area contributed by atoms with E-state index in [1.54, 1.807) is 11.9 Å². The normalized spacial score (nSPS) is 19.5. The topological polar surface area (TPSA) is 96.6 Å². The summed E-state index contributed by atoms with van der Waals surface area (Å²) in [7, 11) is 1.63. The summed E-state index contributed by atoms with van der Waals surface area (Å²) in [5, 5.41) is 6.64. The molecule has 29 heavy (non-hydrogen) atoms. The fraction of sp³-hybridized carbons (Fsp3) is 0.579. The first-order valence-corrected chi connectivity index (χ1v) is 9.77. The SMILES string of the molecule is CNc1nc(N2CCC3(CC2)CN(Cc2cc(C)no2)C(=O)CCO3)ncc1F. The van der Waals surface area contributed by atoms with Gasteiger partial charge in [0, 0.05) is 26.2 Å². The lowest BCUT2D eigenvalue weighted by atomic mass is 9.90. The lowest BCUT2D eigenvalue weighted by Crippen LogP contribution is -2.52. The number of nitrogens with zero attached hydrogens (tertiary/aromatic N) is 5. The Hall–Kier alpha value is -2.75. The van der Waals surface area contributed by atoms with Crippen LogP contribution in [0.4, 0.5) is 16.2 Å². The zero-order valence-corrected chi connectivity index (χ0v) is 16.7. The van der Waals surface area contributed by atoms with E-state index in [1.807, 2.05) is 17.9 Å². The summed E-state index contributed by atoms with van der Waals surface area (Å²) in [6.45, 7) is 4.49. The number of carbonyl (C=O) groups excluding carboxylic acids is 1. The van der Waals surface area contributed by atoms with E-state index in [0.717, 1.165) is 18.5 Å². The molecule has 0 bridgehead atoms. The van der Waals surface area contributed by atoms with Crippen LogP contribution >= 0.6 is 0 Å². The van der Waals surface area contributed by atoms with Crippen LogP contribution in [0, 0.1) is 12.7 Å². The van der Waals surface area contributed by atoms with Gasteiger partial charge in [-0.1, -0.05) is 5.16 Å². The van der Waals surface area contributed by atoms with Crippen molar-refractivity contribution in [3.05, 3.63) is 29.5 Å². The van der Waals surface area contributed by atoms with Gasteiger partial charge in [-0.25, -0.2) is 9.37 Å². The quantitative estimate of drug-likeness (QED) is 0.823. The van der Waals surface area contributed by atoms with Gasteiger partial charge < -0.3 is 24.4 Å². The van der Waals surface area contributed by atoms with Crippen LogP contribution < -0.4 is 10.2 Å². The Morgan fingerprint density at radius 1 is 1.34 bits per heavy atom. The lowest BCUT2D eigenvalue weighted by molar-refractivity contribution is -0.132. The standard InChI is InChI=1S/C19H25FN6O3/c1-13-9-14(29-24-13)11-26-12-19(28-8-3-16(26)27)4-6-25(7-5-19)18-22-10-15(20)17(21-2)23-18/h9-10H,3-8,11-12H2,1-2H3,(H,21,22,23). The van der Waals surface area contributed by atoms with Crippen molar-refractivity contribution < 1.29 is 18.4 Å². The zero-order chi connectivity index (χ0) is 20.4. The number of rotatable bonds is 4. The number of carbonyl (C=O) groups is 1. The minimum atomic E-state index is -0.478. The summed E-state index contributed by atoms with van der Waals surface area (Å²) in [6, 6.07) is 1.85. The number of aromatic nitrogens is 3. The molecule has 0 aliphatic carbocycles. The van der Waals surface area contributed by atoms with Gasteiger partial charge in [-0.15, -0.1) is 0 Å². The van der Waals surface area contributed by atoms with Crippen LogP contribution in [-0.2, 0) is 16.1 Å². The van der Waals surface area contributed by atoms with Crippen molar-refractivity contribution in [2.45, 2.75) is 38.3 Å². The van der Waals surface area contributed by atoms with Gasteiger partial charge in [0.05, 0.1) is 43.6 Å². The third-order valence-corrected chi connectivity index (χ3v) is 5.51. The molecule has 1 amide bonds. The highest BCUT2D eigenvalue weighted by Gasteiger charge is 2.41. The van der Waals surface area contributed by atoms with E-state index >= 15 is 0 Å². The van der Waals surface area contributed by atoms with Gasteiger partial charge in [-0.2, -0.15) is 4.98 Å². The van der Waals surface area contributed by atoms with Crippen LogP contribution in [0.5, 0.6) is 0 Å². The molecule has 9 nitrogen and oxygen atoms in total. The molecule has 0 unspecified atom stereocenters. The third kappa shape index (κ3) is 4.16. The van der Waals surface area contributed by atoms with Gasteiger partial charge in [0.15, 0.2) is 17.4 Å². The van der Waals surface area contributed by atoms with Crippen LogP contribution in [0.3, 0.4) is 0 Å². The van der Waals surface area contributed by atoms with E-state index < -0.39 is 11.4 Å². The molecule has 0 radical (unpaired) electrons. The molecular formula is C19H25FN6O3. The van der Waals surface area contributed by atoms with Crippen molar-refractivity contribution in [1.29, 1.82) is 0 Å². The molecule has 1 N–H and O–H groups in total. The second-order valence-corrected chi connectivity index (χ2v) is 7.57. The maximum atomic E-state index is 13.7. The Balaban J connectivity index is 1.45. The second kappa shape index (κ2) is 7.94. The highest BCUT2D eigenvalue weighted by Crippen LogP contribution is 2.32. The minimum absolute atomic E-state index is 0.0545. The van der Waals surface area contributed by atoms with Crippen molar-refractivity contribution in [3.8, 4) is 0 Å². The van der Waals surface area contributed by atoms with Crippen molar-refractivity contribution >= 4 is 17.7 Å². The van der Waals surface area contributed by atoms with Gasteiger partial charge in [-0.3, -0.25) is 4.79 Å². The molecule has 2 fully saturated rings. The maximum absolute atomic E-state index is 13.7. The fourth-order valence-corrected chi connectivity index (χ4v) is 3.92. The van der Waals surface area contributed by atoms with E-state index in [-0.39, 0.29) is 11.7 Å². The van der Waals surface area contributed by atoms with Crippen LogP contribution in [0.2, 0.25) is 0 Å². The Kier molecular flexibility index (Phi) is 5.35. The smallest absolute Gasteiger partial charge is 0.227 e. The summed E-state index contributed by atoms with van der Waals surface area (Å²) >= 11 is 0. The molecule has 2 saturated heterocycles. The minimum Gasteiger partial charge on any atom is -0.372 e. The Bertz CT molecular complexity index is 881. The third-order valence-electron chi connectivity index (χ3n) is 5.51. The molecule has 10 heteroatoms. The Labute approximate surface area is 168 Å². The van der Waals surface area contributed by atoms with Crippen molar-refractivity contribution in [3.63, 3.8) is 0 Å². The zero-order valence-electron chi connectivity index (χ0n) is 16.7. The number of amides is 1. The van der Waals surface area contributed by atoms with Crippen molar-refractivity contribution in [1.82, 2.24) is 20.0 Å². The van der Waals surface area contributed by atoms with Crippen LogP contribution in [0.25, 0.3) is 0 Å². The first-order chi connectivity index (χ1) is 14.0. The summed E-state index contributed by atoms with van der Waals surface area (Å²) in [4.78, 5) is 24.8. The summed E-state index contributed by atoms with van der Waals surface area (Å²) in [5.74, 6) is 0.918. The average molecular weight is 404 g/mol. The number of hydrogen-bond acceptors (Lipinski definition) is 8. The first-order valence-electron chi connectivity index (χ1n) is 9.77. The van der Waals surface area contributed by atoms with Crippen molar-refractivity contribution in [2.24, 2.45) is 0 Å². The molecule has 1 spiro atoms. The predicted octanol–water partition coefficient (Wildman–Crippen LogP) is 1.74. The average Bonchev–Trinajstić information content (AvgIpc) is 3.06. The molecule has 2 aromatic rings. The van der Waals surface area contributed by atoms with E-state index in [1.165, 1.54) is 6.20 Å². The highest BCUT2D eigenvalue weighted by atomic mass is 19.1. The first kappa shape index (κ1) is 19.6. The molecule has 4 heterocycles. The number of anilines is 2. The second-order valence-electron chi connectivity index (χ2n) is 7.57. The number of ether oxygens (including phenoxy) is 1. The number of piperidine rings is 1. The van der Waals surface area contributed by atoms with E-state index in [0.29, 0.717) is 50.9 Å². The van der Waals surface area contributed by atoms with E-state index in [4.69, 9.17) is 9.26 Å². The van der Waals surface area contributed by atoms with Gasteiger partial charge in [0.2, 0.25) is 11.9 Å². The maximum Gasteiger partial charge on any atom is 0.227 e. The van der Waals surface area contributed by atoms with E-state index in [2.05, 4.69) is 20.4 Å². The molecule has 2 aliphatic rings. The molecule has 2 aromatic heterocycles. The Morgan fingerprint density at radius 2 is 2.14 bits per heavy atom. The molecule has 0 atom stereocenters. The number of nitrogens with one attached hydrogen (secondary N) is 1. The van der Waals surface area contributed by atoms with Crippen LogP contribution in [0.15, 0.2) is 16.8 Å². The van der Waals surface area contributed by atoms with Gasteiger partial charge in [0.25, 0.3) is 0 Å². The monoisotopic (exact) mass is 404 g/mol. The van der Waals surface area contributed by atoms with Crippen LogP contribution in [-0.4, -0.2) is 64.8 Å². The molecule has 4 rings (SSSR count). The molecule has 156 valence electrons. The van der Waals surface area contributed by atoms with Gasteiger partial charge in [0.1, 0.15) is 0 Å².